The first-order valence-corrected chi connectivity index (χ1v) is 13.9. The van der Waals surface area contributed by atoms with Crippen LogP contribution in [-0.2, 0) is 6.54 Å². The highest BCUT2D eigenvalue weighted by Crippen LogP contribution is 2.42. The van der Waals surface area contributed by atoms with Crippen molar-refractivity contribution in [3.8, 4) is 17.3 Å². The van der Waals surface area contributed by atoms with E-state index in [0.717, 1.165) is 36.6 Å². The van der Waals surface area contributed by atoms with Crippen molar-refractivity contribution in [3.05, 3.63) is 77.5 Å². The molecule has 1 N–H and O–H groups in total. The smallest absolute Gasteiger partial charge is 0.317 e. The van der Waals surface area contributed by atoms with Gasteiger partial charge in [-0.25, -0.2) is 0 Å². The summed E-state index contributed by atoms with van der Waals surface area (Å²) in [6, 6.07) is 22.5. The lowest BCUT2D eigenvalue weighted by Gasteiger charge is -2.35. The number of ether oxygens (including phenoxy) is 1. The topological polar surface area (TPSA) is 50.3 Å². The molecule has 1 unspecified atom stereocenters. The van der Waals surface area contributed by atoms with Crippen LogP contribution in [0, 0.1) is 5.92 Å². The Hall–Kier alpha value is -2.76. The Morgan fingerprint density at radius 3 is 2.44 bits per heavy atom. The number of likely N-dealkylation sites (tertiary alicyclic amines) is 1. The maximum atomic E-state index is 6.23. The molecule has 1 atom stereocenters. The third kappa shape index (κ3) is 5.63. The van der Waals surface area contributed by atoms with Gasteiger partial charge in [-0.3, -0.25) is 4.90 Å². The van der Waals surface area contributed by atoms with E-state index >= 15 is 0 Å². The molecule has 6 rings (SSSR count). The summed E-state index contributed by atoms with van der Waals surface area (Å²) < 4.78 is 6.23. The van der Waals surface area contributed by atoms with Crippen LogP contribution in [0.3, 0.4) is 0 Å². The number of hydrogen-bond donors (Lipinski definition) is 1. The van der Waals surface area contributed by atoms with Gasteiger partial charge < -0.3 is 10.1 Å². The largest absolute Gasteiger partial charge is 0.463 e. The Bertz CT molecular complexity index is 1120. The minimum Gasteiger partial charge on any atom is -0.463 e. The van der Waals surface area contributed by atoms with E-state index in [-0.39, 0.29) is 0 Å². The zero-order valence-corrected chi connectivity index (χ0v) is 21.2. The number of hydrogen-bond acceptors (Lipinski definition) is 5. The highest BCUT2D eigenvalue weighted by Gasteiger charge is 2.31. The van der Waals surface area contributed by atoms with E-state index in [1.165, 1.54) is 62.7 Å². The molecule has 3 fully saturated rings. The predicted molar refractivity (Wildman–Crippen MR) is 144 cm³/mol. The zero-order chi connectivity index (χ0) is 24.2. The Labute approximate surface area is 215 Å². The molecule has 0 bridgehead atoms. The molecule has 0 spiro atoms. The van der Waals surface area contributed by atoms with Gasteiger partial charge in [-0.15, -0.1) is 0 Å². The van der Waals surface area contributed by atoms with Gasteiger partial charge in [-0.1, -0.05) is 54.6 Å². The molecule has 0 radical (unpaired) electrons. The molecule has 1 aliphatic carbocycles. The first-order chi connectivity index (χ1) is 17.8. The molecule has 3 aliphatic rings. The van der Waals surface area contributed by atoms with Crippen molar-refractivity contribution in [2.24, 2.45) is 5.92 Å². The minimum absolute atomic E-state index is 0.424. The van der Waals surface area contributed by atoms with E-state index in [0.29, 0.717) is 30.4 Å². The van der Waals surface area contributed by atoms with Crippen LogP contribution in [0.5, 0.6) is 6.01 Å². The van der Waals surface area contributed by atoms with E-state index in [4.69, 9.17) is 14.7 Å². The van der Waals surface area contributed by atoms with Crippen LogP contribution in [0.2, 0.25) is 0 Å². The predicted octanol–water partition coefficient (Wildman–Crippen LogP) is 5.78. The van der Waals surface area contributed by atoms with Crippen LogP contribution in [0.15, 0.2) is 60.7 Å². The van der Waals surface area contributed by atoms with Crippen molar-refractivity contribution in [1.82, 2.24) is 20.2 Å². The molecule has 2 saturated heterocycles. The van der Waals surface area contributed by atoms with E-state index in [1.807, 2.05) is 6.07 Å². The third-order valence-electron chi connectivity index (χ3n) is 8.25. The highest BCUT2D eigenvalue weighted by atomic mass is 16.5. The monoisotopic (exact) mass is 482 g/mol. The third-order valence-corrected chi connectivity index (χ3v) is 8.25. The van der Waals surface area contributed by atoms with Crippen molar-refractivity contribution >= 4 is 0 Å². The lowest BCUT2D eigenvalue weighted by Crippen LogP contribution is -2.29. The average molecular weight is 483 g/mol. The van der Waals surface area contributed by atoms with Crippen molar-refractivity contribution < 1.29 is 4.74 Å². The van der Waals surface area contributed by atoms with Crippen LogP contribution >= 0.6 is 0 Å². The summed E-state index contributed by atoms with van der Waals surface area (Å²) in [5, 5.41) is 3.52. The van der Waals surface area contributed by atoms with Gasteiger partial charge in [0.15, 0.2) is 0 Å². The van der Waals surface area contributed by atoms with Gasteiger partial charge in [0.1, 0.15) is 0 Å². The molecule has 2 aromatic carbocycles. The van der Waals surface area contributed by atoms with Crippen molar-refractivity contribution in [3.63, 3.8) is 0 Å². The molecule has 0 amide bonds. The van der Waals surface area contributed by atoms with E-state index in [9.17, 15) is 0 Å². The summed E-state index contributed by atoms with van der Waals surface area (Å²) in [6.07, 6.45) is 7.42. The molecule has 1 aromatic heterocycles. The van der Waals surface area contributed by atoms with Crippen molar-refractivity contribution in [2.45, 2.75) is 56.9 Å². The maximum Gasteiger partial charge on any atom is 0.317 e. The summed E-state index contributed by atoms with van der Waals surface area (Å²) in [7, 11) is 0. The van der Waals surface area contributed by atoms with Gasteiger partial charge in [-0.05, 0) is 87.2 Å². The lowest BCUT2D eigenvalue weighted by atomic mass is 9.72. The fourth-order valence-corrected chi connectivity index (χ4v) is 6.01. The second-order valence-corrected chi connectivity index (χ2v) is 10.9. The van der Waals surface area contributed by atoms with Gasteiger partial charge >= 0.3 is 6.01 Å². The van der Waals surface area contributed by atoms with Crippen molar-refractivity contribution in [2.75, 3.05) is 32.8 Å². The Balaban J connectivity index is 1.06. The Kier molecular flexibility index (Phi) is 7.29. The van der Waals surface area contributed by atoms with Crippen LogP contribution in [0.1, 0.15) is 67.2 Å². The molecule has 188 valence electrons. The number of nitrogens with zero attached hydrogens (tertiary/aromatic N) is 3. The fraction of sp³-hybridized carbons (Fsp3) is 0.484. The maximum absolute atomic E-state index is 6.23. The van der Waals surface area contributed by atoms with Gasteiger partial charge in [0.25, 0.3) is 0 Å². The van der Waals surface area contributed by atoms with Crippen LogP contribution < -0.4 is 10.1 Å². The summed E-state index contributed by atoms with van der Waals surface area (Å²) in [5.74, 6) is 1.65. The van der Waals surface area contributed by atoms with Gasteiger partial charge in [0.2, 0.25) is 0 Å². The molecular weight excluding hydrogens is 444 g/mol. The fourth-order valence-electron chi connectivity index (χ4n) is 6.01. The standard InChI is InChI=1S/C31H38N4O/c1-2-7-26(8-3-1)29-19-30(27-9-6-14-32-20-27)34-31(33-29)36-22-24-17-28(18-24)25-12-10-23(11-13-25)21-35-15-4-5-16-35/h1-3,7-8,10-13,19,24,27-28,32H,4-6,9,14-18,20-22H2/t24-,27?,28+. The Morgan fingerprint density at radius 1 is 0.889 bits per heavy atom. The molecule has 2 aliphatic heterocycles. The second-order valence-electron chi connectivity index (χ2n) is 10.9. The molecule has 5 heteroatoms. The first-order valence-electron chi connectivity index (χ1n) is 13.9. The first kappa shape index (κ1) is 23.6. The quantitative estimate of drug-likeness (QED) is 0.441. The van der Waals surface area contributed by atoms with Gasteiger partial charge in [0, 0.05) is 24.6 Å². The summed E-state index contributed by atoms with van der Waals surface area (Å²) in [5.41, 5.74) is 6.10. The second kappa shape index (κ2) is 11.1. The molecule has 36 heavy (non-hydrogen) atoms. The minimum atomic E-state index is 0.424. The number of rotatable bonds is 8. The van der Waals surface area contributed by atoms with E-state index in [2.05, 4.69) is 64.8 Å². The molecule has 1 saturated carbocycles. The molecule has 3 heterocycles. The summed E-state index contributed by atoms with van der Waals surface area (Å²) >= 11 is 0. The molecule has 3 aromatic rings. The van der Waals surface area contributed by atoms with Gasteiger partial charge in [0.05, 0.1) is 18.0 Å². The number of piperidine rings is 1. The summed E-state index contributed by atoms with van der Waals surface area (Å²) in [6.45, 7) is 6.38. The van der Waals surface area contributed by atoms with Crippen molar-refractivity contribution in [1.29, 1.82) is 0 Å². The highest BCUT2D eigenvalue weighted by molar-refractivity contribution is 5.59. The molecule has 5 nitrogen and oxygen atoms in total. The summed E-state index contributed by atoms with van der Waals surface area (Å²) in [4.78, 5) is 12.2. The Morgan fingerprint density at radius 2 is 1.69 bits per heavy atom. The number of benzene rings is 2. The zero-order valence-electron chi connectivity index (χ0n) is 21.2. The number of aromatic nitrogens is 2. The van der Waals surface area contributed by atoms with E-state index < -0.39 is 0 Å². The van der Waals surface area contributed by atoms with Crippen LogP contribution in [0.25, 0.3) is 11.3 Å². The molecular formula is C31H38N4O. The van der Waals surface area contributed by atoms with Crippen LogP contribution in [-0.4, -0.2) is 47.7 Å². The van der Waals surface area contributed by atoms with Gasteiger partial charge in [-0.2, -0.15) is 9.97 Å². The normalized spacial score (nSPS) is 24.4. The SMILES string of the molecule is c1ccc(-c2cc(C3CCCNC3)nc(OC[C@H]3C[C@@H](c4ccc(CN5CCCC5)cc4)C3)n2)cc1. The average Bonchev–Trinajstić information content (AvgIpc) is 3.43. The van der Waals surface area contributed by atoms with Crippen LogP contribution in [0.4, 0.5) is 0 Å². The van der Waals surface area contributed by atoms with E-state index in [1.54, 1.807) is 0 Å². The lowest BCUT2D eigenvalue weighted by molar-refractivity contribution is 0.149. The number of nitrogens with one attached hydrogen (secondary N) is 1.